The van der Waals surface area contributed by atoms with Crippen LogP contribution in [0, 0.1) is 0 Å². The van der Waals surface area contributed by atoms with Crippen LogP contribution in [0.2, 0.25) is 0 Å². The van der Waals surface area contributed by atoms with E-state index < -0.39 is 11.8 Å². The Bertz CT molecular complexity index is 906. The Labute approximate surface area is 187 Å². The zero-order valence-electron chi connectivity index (χ0n) is 18.2. The first kappa shape index (κ1) is 23.3. The van der Waals surface area contributed by atoms with Crippen LogP contribution in [0.4, 0.5) is 5.69 Å². The standard InChI is InChI=1S/C24H29N3O5/c1-2-3-6-22(28)25-19-11-7-17(8-12-19)23(29)26-27-24(30)18-9-13-20(14-10-18)32-16-21-5-4-15-31-21/h7-14,21H,2-6,15-16H2,1H3,(H,25,28)(H,26,29)(H,27,30). The summed E-state index contributed by atoms with van der Waals surface area (Å²) in [4.78, 5) is 36.3. The lowest BCUT2D eigenvalue weighted by Crippen LogP contribution is -2.41. The molecule has 170 valence electrons. The van der Waals surface area contributed by atoms with Crippen molar-refractivity contribution in [2.24, 2.45) is 0 Å². The van der Waals surface area contributed by atoms with Gasteiger partial charge in [-0.1, -0.05) is 13.3 Å². The van der Waals surface area contributed by atoms with Crippen molar-refractivity contribution >= 4 is 23.4 Å². The highest BCUT2D eigenvalue weighted by Gasteiger charge is 2.16. The molecule has 0 saturated carbocycles. The van der Waals surface area contributed by atoms with Crippen molar-refractivity contribution in [1.82, 2.24) is 10.9 Å². The summed E-state index contributed by atoms with van der Waals surface area (Å²) < 4.78 is 11.2. The lowest BCUT2D eigenvalue weighted by molar-refractivity contribution is -0.116. The van der Waals surface area contributed by atoms with Crippen LogP contribution in [0.5, 0.6) is 5.75 Å². The van der Waals surface area contributed by atoms with Crippen molar-refractivity contribution in [3.05, 3.63) is 59.7 Å². The highest BCUT2D eigenvalue weighted by atomic mass is 16.5. The Morgan fingerprint density at radius 1 is 0.969 bits per heavy atom. The van der Waals surface area contributed by atoms with E-state index in [1.165, 1.54) is 0 Å². The minimum Gasteiger partial charge on any atom is -0.491 e. The van der Waals surface area contributed by atoms with E-state index in [9.17, 15) is 14.4 Å². The van der Waals surface area contributed by atoms with Gasteiger partial charge < -0.3 is 14.8 Å². The molecule has 0 spiro atoms. The van der Waals surface area contributed by atoms with Crippen LogP contribution in [-0.2, 0) is 9.53 Å². The van der Waals surface area contributed by atoms with Gasteiger partial charge in [0.15, 0.2) is 0 Å². The zero-order chi connectivity index (χ0) is 22.8. The van der Waals surface area contributed by atoms with Crippen LogP contribution in [0.15, 0.2) is 48.5 Å². The minimum absolute atomic E-state index is 0.0559. The third-order valence-electron chi connectivity index (χ3n) is 5.05. The van der Waals surface area contributed by atoms with Crippen molar-refractivity contribution in [2.45, 2.75) is 45.1 Å². The molecule has 1 fully saturated rings. The summed E-state index contributed by atoms with van der Waals surface area (Å²) in [6, 6.07) is 13.1. The van der Waals surface area contributed by atoms with Crippen LogP contribution in [0.1, 0.15) is 59.7 Å². The average Bonchev–Trinajstić information content (AvgIpc) is 3.34. The number of hydrogen-bond donors (Lipinski definition) is 3. The predicted octanol–water partition coefficient (Wildman–Crippen LogP) is 3.45. The first-order chi connectivity index (χ1) is 15.5. The molecule has 1 atom stereocenters. The first-order valence-corrected chi connectivity index (χ1v) is 10.9. The molecule has 3 N–H and O–H groups in total. The smallest absolute Gasteiger partial charge is 0.269 e. The van der Waals surface area contributed by atoms with Gasteiger partial charge >= 0.3 is 0 Å². The molecule has 32 heavy (non-hydrogen) atoms. The van der Waals surface area contributed by atoms with E-state index in [0.29, 0.717) is 35.6 Å². The quantitative estimate of drug-likeness (QED) is 0.519. The summed E-state index contributed by atoms with van der Waals surface area (Å²) in [7, 11) is 0. The molecule has 0 aromatic heterocycles. The number of amides is 3. The number of benzene rings is 2. The number of hydrogen-bond acceptors (Lipinski definition) is 5. The van der Waals surface area contributed by atoms with E-state index in [1.54, 1.807) is 48.5 Å². The molecule has 2 aromatic rings. The van der Waals surface area contributed by atoms with E-state index in [-0.39, 0.29) is 12.0 Å². The van der Waals surface area contributed by atoms with Gasteiger partial charge in [-0.05, 0) is 67.8 Å². The number of unbranched alkanes of at least 4 members (excludes halogenated alkanes) is 1. The van der Waals surface area contributed by atoms with Gasteiger partial charge in [-0.25, -0.2) is 0 Å². The summed E-state index contributed by atoms with van der Waals surface area (Å²) in [6.07, 6.45) is 4.42. The van der Waals surface area contributed by atoms with Crippen LogP contribution in [0.3, 0.4) is 0 Å². The molecule has 8 heteroatoms. The van der Waals surface area contributed by atoms with Gasteiger partial charge in [0, 0.05) is 29.8 Å². The molecular weight excluding hydrogens is 410 g/mol. The molecular formula is C24H29N3O5. The molecule has 0 radical (unpaired) electrons. The molecule has 0 bridgehead atoms. The second-order valence-electron chi connectivity index (χ2n) is 7.61. The van der Waals surface area contributed by atoms with Gasteiger partial charge in [-0.3, -0.25) is 25.2 Å². The SMILES string of the molecule is CCCCC(=O)Nc1ccc(C(=O)NNC(=O)c2ccc(OCC3CCCO3)cc2)cc1. The Kier molecular flexibility index (Phi) is 8.62. The molecule has 1 saturated heterocycles. The van der Waals surface area contributed by atoms with E-state index in [1.807, 2.05) is 6.92 Å². The maximum Gasteiger partial charge on any atom is 0.269 e. The van der Waals surface area contributed by atoms with Gasteiger partial charge in [0.1, 0.15) is 12.4 Å². The second-order valence-corrected chi connectivity index (χ2v) is 7.61. The highest BCUT2D eigenvalue weighted by molar-refractivity contribution is 5.99. The number of anilines is 1. The van der Waals surface area contributed by atoms with Crippen molar-refractivity contribution in [2.75, 3.05) is 18.5 Å². The third kappa shape index (κ3) is 7.09. The van der Waals surface area contributed by atoms with E-state index in [4.69, 9.17) is 9.47 Å². The van der Waals surface area contributed by atoms with E-state index >= 15 is 0 Å². The normalized spacial score (nSPS) is 15.1. The fourth-order valence-electron chi connectivity index (χ4n) is 3.19. The second kappa shape index (κ2) is 11.9. The third-order valence-corrected chi connectivity index (χ3v) is 5.05. The molecule has 2 aromatic carbocycles. The topological polar surface area (TPSA) is 106 Å². The lowest BCUT2D eigenvalue weighted by atomic mass is 10.2. The van der Waals surface area contributed by atoms with Crippen molar-refractivity contribution in [1.29, 1.82) is 0 Å². The number of hydrazine groups is 1. The first-order valence-electron chi connectivity index (χ1n) is 10.9. The van der Waals surface area contributed by atoms with Gasteiger partial charge in [0.05, 0.1) is 6.10 Å². The van der Waals surface area contributed by atoms with Crippen LogP contribution < -0.4 is 20.9 Å². The number of carbonyl (C=O) groups is 3. The Morgan fingerprint density at radius 2 is 1.59 bits per heavy atom. The summed E-state index contributed by atoms with van der Waals surface area (Å²) in [5.74, 6) is -0.301. The number of ether oxygens (including phenoxy) is 2. The van der Waals surface area contributed by atoms with Gasteiger partial charge in [0.2, 0.25) is 5.91 Å². The predicted molar refractivity (Wildman–Crippen MR) is 120 cm³/mol. The highest BCUT2D eigenvalue weighted by Crippen LogP contribution is 2.16. The van der Waals surface area contributed by atoms with Crippen LogP contribution in [-0.4, -0.2) is 37.0 Å². The molecule has 1 unspecified atom stereocenters. The van der Waals surface area contributed by atoms with Crippen molar-refractivity contribution < 1.29 is 23.9 Å². The van der Waals surface area contributed by atoms with E-state index in [0.717, 1.165) is 32.3 Å². The Morgan fingerprint density at radius 3 is 2.16 bits per heavy atom. The molecule has 0 aliphatic carbocycles. The Hall–Kier alpha value is -3.39. The zero-order valence-corrected chi connectivity index (χ0v) is 18.2. The minimum atomic E-state index is -0.460. The molecule has 3 rings (SSSR count). The van der Waals surface area contributed by atoms with Gasteiger partial charge in [-0.15, -0.1) is 0 Å². The van der Waals surface area contributed by atoms with Crippen molar-refractivity contribution in [3.63, 3.8) is 0 Å². The Balaban J connectivity index is 1.43. The lowest BCUT2D eigenvalue weighted by Gasteiger charge is -2.12. The monoisotopic (exact) mass is 439 g/mol. The van der Waals surface area contributed by atoms with Crippen molar-refractivity contribution in [3.8, 4) is 5.75 Å². The largest absolute Gasteiger partial charge is 0.491 e. The molecule has 3 amide bonds. The maximum absolute atomic E-state index is 12.3. The number of nitrogens with one attached hydrogen (secondary N) is 3. The van der Waals surface area contributed by atoms with Gasteiger partial charge in [0.25, 0.3) is 11.8 Å². The number of carbonyl (C=O) groups excluding carboxylic acids is 3. The number of rotatable bonds is 9. The summed E-state index contributed by atoms with van der Waals surface area (Å²) in [6.45, 7) is 3.29. The van der Waals surface area contributed by atoms with Gasteiger partial charge in [-0.2, -0.15) is 0 Å². The van der Waals surface area contributed by atoms with Crippen LogP contribution in [0.25, 0.3) is 0 Å². The summed E-state index contributed by atoms with van der Waals surface area (Å²) >= 11 is 0. The fraction of sp³-hybridized carbons (Fsp3) is 0.375. The summed E-state index contributed by atoms with van der Waals surface area (Å²) in [5, 5.41) is 2.79. The average molecular weight is 440 g/mol. The molecule has 1 heterocycles. The molecule has 1 aliphatic heterocycles. The maximum atomic E-state index is 12.3. The fourth-order valence-corrected chi connectivity index (χ4v) is 3.19. The summed E-state index contributed by atoms with van der Waals surface area (Å²) in [5.41, 5.74) is 6.15. The molecule has 1 aliphatic rings. The van der Waals surface area contributed by atoms with E-state index in [2.05, 4.69) is 16.2 Å². The molecule has 8 nitrogen and oxygen atoms in total. The van der Waals surface area contributed by atoms with Crippen LogP contribution >= 0.6 is 0 Å².